The molecule has 1 aliphatic heterocycles. The van der Waals surface area contributed by atoms with E-state index in [0.717, 1.165) is 43.1 Å². The van der Waals surface area contributed by atoms with Crippen LogP contribution in [0.1, 0.15) is 17.2 Å². The lowest BCUT2D eigenvalue weighted by Gasteiger charge is -2.36. The number of carbonyl (C=O) groups is 1. The Hall–Kier alpha value is -2.37. The van der Waals surface area contributed by atoms with Crippen LogP contribution in [0.25, 0.3) is 0 Å². The van der Waals surface area contributed by atoms with E-state index in [1.807, 2.05) is 59.5 Å². The van der Waals surface area contributed by atoms with Crippen molar-refractivity contribution in [3.05, 3.63) is 65.7 Å². The smallest absolute Gasteiger partial charge is 0.325 e. The molecule has 1 unspecified atom stereocenters. The van der Waals surface area contributed by atoms with Crippen molar-refractivity contribution in [2.45, 2.75) is 12.6 Å². The second-order valence-electron chi connectivity index (χ2n) is 6.42. The van der Waals surface area contributed by atoms with Crippen LogP contribution in [0.2, 0.25) is 0 Å². The highest BCUT2D eigenvalue weighted by Crippen LogP contribution is 2.25. The Labute approximate surface area is 148 Å². The first-order valence-corrected chi connectivity index (χ1v) is 8.55. The van der Waals surface area contributed by atoms with E-state index < -0.39 is 12.0 Å². The molecule has 0 aliphatic carbocycles. The molecular weight excluding hydrogens is 316 g/mol. The molecule has 132 valence electrons. The lowest BCUT2D eigenvalue weighted by atomic mass is 10.0. The second-order valence-corrected chi connectivity index (χ2v) is 6.42. The molecule has 2 aromatic carbocycles. The molecule has 0 radical (unpaired) electrons. The molecule has 1 saturated heterocycles. The number of benzene rings is 2. The Kier molecular flexibility index (Phi) is 5.68. The predicted octanol–water partition coefficient (Wildman–Crippen LogP) is 2.64. The minimum Gasteiger partial charge on any atom is -0.489 e. The first kappa shape index (κ1) is 17.5. The molecule has 1 N–H and O–H groups in total. The molecule has 0 aromatic heterocycles. The Balaban J connectivity index is 1.65. The largest absolute Gasteiger partial charge is 0.489 e. The Morgan fingerprint density at radius 3 is 2.28 bits per heavy atom. The summed E-state index contributed by atoms with van der Waals surface area (Å²) in [4.78, 5) is 16.0. The van der Waals surface area contributed by atoms with Crippen molar-refractivity contribution in [1.82, 2.24) is 9.80 Å². The van der Waals surface area contributed by atoms with Crippen molar-refractivity contribution in [1.29, 1.82) is 0 Å². The number of carboxylic acid groups (broad SMARTS) is 1. The summed E-state index contributed by atoms with van der Waals surface area (Å²) in [6, 6.07) is 16.8. The molecule has 0 spiro atoms. The molecule has 1 fully saturated rings. The second kappa shape index (κ2) is 8.14. The summed E-state index contributed by atoms with van der Waals surface area (Å²) in [6.07, 6.45) is 0. The zero-order chi connectivity index (χ0) is 17.6. The Morgan fingerprint density at radius 2 is 1.68 bits per heavy atom. The number of aliphatic carboxylic acids is 1. The Bertz CT molecular complexity index is 680. The molecule has 25 heavy (non-hydrogen) atoms. The molecule has 2 aromatic rings. The van der Waals surface area contributed by atoms with Crippen molar-refractivity contribution in [2.24, 2.45) is 0 Å². The summed E-state index contributed by atoms with van der Waals surface area (Å²) >= 11 is 0. The van der Waals surface area contributed by atoms with Crippen molar-refractivity contribution in [2.75, 3.05) is 33.2 Å². The predicted molar refractivity (Wildman–Crippen MR) is 96.7 cm³/mol. The highest BCUT2D eigenvalue weighted by molar-refractivity contribution is 5.75. The van der Waals surface area contributed by atoms with Gasteiger partial charge in [0.2, 0.25) is 0 Å². The number of carboxylic acids is 1. The van der Waals surface area contributed by atoms with E-state index in [9.17, 15) is 9.90 Å². The first-order chi connectivity index (χ1) is 12.1. The van der Waals surface area contributed by atoms with Gasteiger partial charge in [0.15, 0.2) is 0 Å². The van der Waals surface area contributed by atoms with Gasteiger partial charge in [-0.1, -0.05) is 42.5 Å². The highest BCUT2D eigenvalue weighted by Gasteiger charge is 2.29. The molecule has 5 nitrogen and oxygen atoms in total. The Morgan fingerprint density at radius 1 is 1.04 bits per heavy atom. The summed E-state index contributed by atoms with van der Waals surface area (Å²) in [7, 11) is 2.06. The number of rotatable bonds is 6. The standard InChI is InChI=1S/C20H24N2O3/c1-21-11-13-22(14-12-21)19(20(23)24)17-7-9-18(10-8-17)25-15-16-5-3-2-4-6-16/h2-10,19H,11-15H2,1H3,(H,23,24). The number of hydrogen-bond acceptors (Lipinski definition) is 4. The van der Waals surface area contributed by atoms with Gasteiger partial charge in [-0.05, 0) is 30.3 Å². The molecule has 0 amide bonds. The van der Waals surface area contributed by atoms with Gasteiger partial charge in [-0.25, -0.2) is 0 Å². The lowest BCUT2D eigenvalue weighted by molar-refractivity contribution is -0.144. The number of piperazine rings is 1. The maximum Gasteiger partial charge on any atom is 0.325 e. The van der Waals surface area contributed by atoms with Gasteiger partial charge >= 0.3 is 5.97 Å². The number of ether oxygens (including phenoxy) is 1. The maximum atomic E-state index is 11.8. The first-order valence-electron chi connectivity index (χ1n) is 8.55. The molecule has 5 heteroatoms. The van der Waals surface area contributed by atoms with Crippen LogP contribution in [0.5, 0.6) is 5.75 Å². The normalized spacial score (nSPS) is 17.2. The highest BCUT2D eigenvalue weighted by atomic mass is 16.5. The third-order valence-corrected chi connectivity index (χ3v) is 4.58. The fraction of sp³-hybridized carbons (Fsp3) is 0.350. The minimum absolute atomic E-state index is 0.501. The van der Waals surface area contributed by atoms with Crippen LogP contribution in [0, 0.1) is 0 Å². The van der Waals surface area contributed by atoms with E-state index in [1.165, 1.54) is 0 Å². The van der Waals surface area contributed by atoms with Crippen LogP contribution in [0.15, 0.2) is 54.6 Å². The van der Waals surface area contributed by atoms with Gasteiger partial charge in [0.1, 0.15) is 18.4 Å². The number of hydrogen-bond donors (Lipinski definition) is 1. The van der Waals surface area contributed by atoms with Crippen LogP contribution >= 0.6 is 0 Å². The molecule has 0 saturated carbocycles. The summed E-state index contributed by atoms with van der Waals surface area (Å²) in [5, 5.41) is 9.68. The van der Waals surface area contributed by atoms with Gasteiger partial charge in [-0.15, -0.1) is 0 Å². The fourth-order valence-corrected chi connectivity index (χ4v) is 3.08. The summed E-state index contributed by atoms with van der Waals surface area (Å²) < 4.78 is 5.78. The third kappa shape index (κ3) is 4.59. The van der Waals surface area contributed by atoms with E-state index in [4.69, 9.17) is 4.74 Å². The van der Waals surface area contributed by atoms with Crippen molar-refractivity contribution >= 4 is 5.97 Å². The number of likely N-dealkylation sites (N-methyl/N-ethyl adjacent to an activating group) is 1. The zero-order valence-corrected chi connectivity index (χ0v) is 14.5. The zero-order valence-electron chi connectivity index (χ0n) is 14.5. The molecule has 1 atom stereocenters. The van der Waals surface area contributed by atoms with Crippen LogP contribution in [0.3, 0.4) is 0 Å². The van der Waals surface area contributed by atoms with E-state index in [0.29, 0.717) is 6.61 Å². The van der Waals surface area contributed by atoms with Crippen LogP contribution in [-0.4, -0.2) is 54.1 Å². The van der Waals surface area contributed by atoms with Crippen molar-refractivity contribution in [3.8, 4) is 5.75 Å². The summed E-state index contributed by atoms with van der Waals surface area (Å²) in [5.41, 5.74) is 1.90. The molecule has 0 bridgehead atoms. The molecule has 1 aliphatic rings. The van der Waals surface area contributed by atoms with Crippen LogP contribution in [0.4, 0.5) is 0 Å². The fourth-order valence-electron chi connectivity index (χ4n) is 3.08. The molecular formula is C20H24N2O3. The molecule has 1 heterocycles. The van der Waals surface area contributed by atoms with Gasteiger partial charge in [0.25, 0.3) is 0 Å². The molecule has 3 rings (SSSR count). The summed E-state index contributed by atoms with van der Waals surface area (Å²) in [5.74, 6) is -0.0578. The minimum atomic E-state index is -0.803. The van der Waals surface area contributed by atoms with Crippen LogP contribution < -0.4 is 4.74 Å². The average Bonchev–Trinajstić information content (AvgIpc) is 2.63. The van der Waals surface area contributed by atoms with E-state index >= 15 is 0 Å². The van der Waals surface area contributed by atoms with Gasteiger partial charge in [0.05, 0.1) is 0 Å². The summed E-state index contributed by atoms with van der Waals surface area (Å²) in [6.45, 7) is 3.81. The van der Waals surface area contributed by atoms with E-state index in [-0.39, 0.29) is 0 Å². The lowest BCUT2D eigenvalue weighted by Crippen LogP contribution is -2.47. The van der Waals surface area contributed by atoms with Gasteiger partial charge in [-0.3, -0.25) is 9.69 Å². The third-order valence-electron chi connectivity index (χ3n) is 4.58. The maximum absolute atomic E-state index is 11.8. The van der Waals surface area contributed by atoms with Gasteiger partial charge < -0.3 is 14.7 Å². The van der Waals surface area contributed by atoms with E-state index in [2.05, 4.69) is 11.9 Å². The quantitative estimate of drug-likeness (QED) is 0.876. The van der Waals surface area contributed by atoms with Gasteiger partial charge in [-0.2, -0.15) is 0 Å². The van der Waals surface area contributed by atoms with Crippen molar-refractivity contribution in [3.63, 3.8) is 0 Å². The number of nitrogens with zero attached hydrogens (tertiary/aromatic N) is 2. The average molecular weight is 340 g/mol. The van der Waals surface area contributed by atoms with Gasteiger partial charge in [0, 0.05) is 26.2 Å². The van der Waals surface area contributed by atoms with E-state index in [1.54, 1.807) is 0 Å². The van der Waals surface area contributed by atoms with Crippen molar-refractivity contribution < 1.29 is 14.6 Å². The topological polar surface area (TPSA) is 53.0 Å². The monoisotopic (exact) mass is 340 g/mol. The SMILES string of the molecule is CN1CCN(C(C(=O)O)c2ccc(OCc3ccccc3)cc2)CC1. The van der Waals surface area contributed by atoms with Crippen LogP contribution in [-0.2, 0) is 11.4 Å².